The molecule has 0 radical (unpaired) electrons. The van der Waals surface area contributed by atoms with E-state index >= 15 is 0 Å². The minimum atomic E-state index is -1.68. The second kappa shape index (κ2) is 8.67. The molecule has 6 heteroatoms. The minimum absolute atomic E-state index is 0.328. The van der Waals surface area contributed by atoms with Crippen LogP contribution in [0.15, 0.2) is 69.0 Å². The van der Waals surface area contributed by atoms with E-state index in [1.54, 1.807) is 48.5 Å². The third-order valence-electron chi connectivity index (χ3n) is 3.87. The Hall–Kier alpha value is -1.60. The van der Waals surface area contributed by atoms with Gasteiger partial charge in [0.2, 0.25) is 0 Å². The fourth-order valence-electron chi connectivity index (χ4n) is 2.22. The topological polar surface area (TPSA) is 80.9 Å². The number of aliphatic hydroxyl groups is 4. The van der Waals surface area contributed by atoms with Crippen molar-refractivity contribution in [2.45, 2.75) is 0 Å². The van der Waals surface area contributed by atoms with Crippen molar-refractivity contribution in [3.05, 3.63) is 80.1 Å². The molecule has 0 amide bonds. The maximum absolute atomic E-state index is 10.5. The van der Waals surface area contributed by atoms with Crippen molar-refractivity contribution >= 4 is 44.0 Å². The van der Waals surface area contributed by atoms with Gasteiger partial charge < -0.3 is 20.4 Å². The molecule has 4 N–H and O–H groups in total. The predicted molar refractivity (Wildman–Crippen MR) is 106 cm³/mol. The molecule has 0 bridgehead atoms. The fraction of sp³-hybridized carbons (Fsp3) is 0.158. The zero-order valence-corrected chi connectivity index (χ0v) is 16.4. The van der Waals surface area contributed by atoms with Gasteiger partial charge in [0.1, 0.15) is 16.9 Å². The smallest absolute Gasteiger partial charge is 0.130 e. The third kappa shape index (κ3) is 4.73. The minimum Gasteiger partial charge on any atom is -0.511 e. The van der Waals surface area contributed by atoms with E-state index in [4.69, 9.17) is 0 Å². The summed E-state index contributed by atoms with van der Waals surface area (Å²) in [4.78, 5) is 0. The Bertz CT molecular complexity index is 698. The van der Waals surface area contributed by atoms with Gasteiger partial charge in [-0.15, -0.1) is 0 Å². The zero-order chi connectivity index (χ0) is 18.4. The standard InChI is InChI=1S/C19H18Br2O4/c20-15-5-1-13(2-6-15)9-17(24)19(11-22,12-23)18(25)10-14-3-7-16(21)8-4-14/h1-10,22-25H,11-12H2. The average molecular weight is 470 g/mol. The molecule has 0 spiro atoms. The van der Waals surface area contributed by atoms with Crippen LogP contribution < -0.4 is 0 Å². The van der Waals surface area contributed by atoms with Crippen molar-refractivity contribution in [3.8, 4) is 0 Å². The maximum Gasteiger partial charge on any atom is 0.130 e. The largest absolute Gasteiger partial charge is 0.511 e. The number of hydrogen-bond donors (Lipinski definition) is 4. The first-order valence-corrected chi connectivity index (χ1v) is 9.05. The Morgan fingerprint density at radius 3 is 1.32 bits per heavy atom. The highest BCUT2D eigenvalue weighted by Gasteiger charge is 2.38. The molecule has 0 aliphatic rings. The molecule has 0 aliphatic heterocycles. The van der Waals surface area contributed by atoms with Crippen molar-refractivity contribution in [2.75, 3.05) is 13.2 Å². The lowest BCUT2D eigenvalue weighted by Gasteiger charge is -2.28. The SMILES string of the molecule is OCC(CO)(C(O)=Cc1ccc(Br)cc1)C(O)=Cc1ccc(Br)cc1. The Kier molecular flexibility index (Phi) is 6.84. The monoisotopic (exact) mass is 468 g/mol. The van der Waals surface area contributed by atoms with E-state index in [0.29, 0.717) is 11.1 Å². The van der Waals surface area contributed by atoms with Gasteiger partial charge in [-0.05, 0) is 47.5 Å². The molecule has 0 saturated heterocycles. The number of rotatable bonds is 6. The Balaban J connectivity index is 2.41. The van der Waals surface area contributed by atoms with Crippen LogP contribution in [0.5, 0.6) is 0 Å². The molecule has 2 rings (SSSR count). The molecule has 2 aromatic rings. The van der Waals surface area contributed by atoms with Crippen LogP contribution in [0.3, 0.4) is 0 Å². The molecule has 4 nitrogen and oxygen atoms in total. The van der Waals surface area contributed by atoms with E-state index in [9.17, 15) is 20.4 Å². The molecule has 0 saturated carbocycles. The normalized spacial score (nSPS) is 13.1. The second-order valence-corrected chi connectivity index (χ2v) is 7.39. The van der Waals surface area contributed by atoms with Crippen molar-refractivity contribution in [3.63, 3.8) is 0 Å². The van der Waals surface area contributed by atoms with Gasteiger partial charge in [-0.2, -0.15) is 0 Å². The van der Waals surface area contributed by atoms with Crippen LogP contribution in [-0.2, 0) is 0 Å². The molecular formula is C19H18Br2O4. The van der Waals surface area contributed by atoms with E-state index in [1.807, 2.05) is 0 Å². The number of halogens is 2. The first kappa shape index (κ1) is 19.7. The molecular weight excluding hydrogens is 452 g/mol. The van der Waals surface area contributed by atoms with Crippen molar-refractivity contribution in [2.24, 2.45) is 5.41 Å². The molecule has 0 unspecified atom stereocenters. The van der Waals surface area contributed by atoms with E-state index in [0.717, 1.165) is 8.95 Å². The van der Waals surface area contributed by atoms with Gasteiger partial charge in [-0.25, -0.2) is 0 Å². The molecule has 0 atom stereocenters. The molecule has 132 valence electrons. The molecule has 0 heterocycles. The number of hydrogen-bond acceptors (Lipinski definition) is 4. The lowest BCUT2D eigenvalue weighted by Crippen LogP contribution is -2.34. The highest BCUT2D eigenvalue weighted by molar-refractivity contribution is 9.10. The molecule has 25 heavy (non-hydrogen) atoms. The zero-order valence-electron chi connectivity index (χ0n) is 13.2. The van der Waals surface area contributed by atoms with Crippen LogP contribution in [0, 0.1) is 5.41 Å². The molecule has 0 fully saturated rings. The maximum atomic E-state index is 10.5. The lowest BCUT2D eigenvalue weighted by molar-refractivity contribution is 0.0487. The van der Waals surface area contributed by atoms with Gasteiger partial charge in [-0.1, -0.05) is 56.1 Å². The fourth-order valence-corrected chi connectivity index (χ4v) is 2.74. The molecule has 2 aromatic carbocycles. The van der Waals surface area contributed by atoms with Crippen LogP contribution in [0.2, 0.25) is 0 Å². The quantitative estimate of drug-likeness (QED) is 0.463. The van der Waals surface area contributed by atoms with Crippen molar-refractivity contribution < 1.29 is 20.4 Å². The van der Waals surface area contributed by atoms with Gasteiger partial charge in [0.25, 0.3) is 0 Å². The van der Waals surface area contributed by atoms with Crippen molar-refractivity contribution in [1.82, 2.24) is 0 Å². The van der Waals surface area contributed by atoms with Crippen molar-refractivity contribution in [1.29, 1.82) is 0 Å². The van der Waals surface area contributed by atoms with Gasteiger partial charge in [0.05, 0.1) is 13.2 Å². The Morgan fingerprint density at radius 1 is 0.720 bits per heavy atom. The summed E-state index contributed by atoms with van der Waals surface area (Å²) >= 11 is 6.66. The van der Waals surface area contributed by atoms with Crippen LogP contribution in [0.1, 0.15) is 11.1 Å². The second-order valence-electron chi connectivity index (χ2n) is 5.56. The highest BCUT2D eigenvalue weighted by Crippen LogP contribution is 2.34. The summed E-state index contributed by atoms with van der Waals surface area (Å²) in [6.45, 7) is -1.30. The average Bonchev–Trinajstić information content (AvgIpc) is 2.60. The van der Waals surface area contributed by atoms with E-state index in [-0.39, 0.29) is 11.5 Å². The Labute approximate surface area is 163 Å². The Morgan fingerprint density at radius 2 is 1.04 bits per heavy atom. The number of benzene rings is 2. The van der Waals surface area contributed by atoms with Crippen LogP contribution in [0.25, 0.3) is 12.2 Å². The molecule has 0 aliphatic carbocycles. The number of aliphatic hydroxyl groups excluding tert-OH is 4. The third-order valence-corrected chi connectivity index (χ3v) is 4.92. The van der Waals surface area contributed by atoms with Crippen LogP contribution in [-0.4, -0.2) is 33.6 Å². The summed E-state index contributed by atoms with van der Waals surface area (Å²) in [6, 6.07) is 14.2. The highest BCUT2D eigenvalue weighted by atomic mass is 79.9. The lowest BCUT2D eigenvalue weighted by atomic mass is 9.83. The van der Waals surface area contributed by atoms with Crippen LogP contribution >= 0.6 is 31.9 Å². The molecule has 0 aromatic heterocycles. The summed E-state index contributed by atoms with van der Waals surface area (Å²) in [5.74, 6) is -0.656. The van der Waals surface area contributed by atoms with Crippen LogP contribution in [0.4, 0.5) is 0 Å². The van der Waals surface area contributed by atoms with Gasteiger partial charge >= 0.3 is 0 Å². The van der Waals surface area contributed by atoms with E-state index in [1.165, 1.54) is 12.2 Å². The summed E-state index contributed by atoms with van der Waals surface area (Å²) in [7, 11) is 0. The van der Waals surface area contributed by atoms with E-state index < -0.39 is 18.6 Å². The predicted octanol–water partition coefficient (Wildman–Crippen LogP) is 4.68. The summed E-state index contributed by atoms with van der Waals surface area (Å²) in [6.07, 6.45) is 2.81. The van der Waals surface area contributed by atoms with E-state index in [2.05, 4.69) is 31.9 Å². The first-order valence-electron chi connectivity index (χ1n) is 7.46. The summed E-state index contributed by atoms with van der Waals surface area (Å²) in [5.41, 5.74) is -0.341. The van der Waals surface area contributed by atoms with Gasteiger partial charge in [0.15, 0.2) is 0 Å². The van der Waals surface area contributed by atoms with Gasteiger partial charge in [0, 0.05) is 8.95 Å². The first-order chi connectivity index (χ1) is 11.9. The summed E-state index contributed by atoms with van der Waals surface area (Å²) < 4.78 is 1.77. The van der Waals surface area contributed by atoms with Gasteiger partial charge in [-0.3, -0.25) is 0 Å². The summed E-state index contributed by atoms with van der Waals surface area (Å²) in [5, 5.41) is 40.6.